The largest absolute Gasteiger partial charge is 0.464 e. The van der Waals surface area contributed by atoms with Crippen LogP contribution in [0.25, 0.3) is 66.6 Å². The number of hydrogen-bond acceptors (Lipinski definition) is 17. The number of amidine groups is 1. The number of esters is 1. The summed E-state index contributed by atoms with van der Waals surface area (Å²) in [6.07, 6.45) is 17.8. The number of carbonyl (C=O) groups excluding carboxylic acids is 1. The number of unbranched alkanes of at least 4 members (excludes halogenated alkanes) is 2. The molecule has 3 fully saturated rings. The molecule has 3 saturated carbocycles. The number of pyridine rings is 6. The smallest absolute Gasteiger partial charge is 0.358 e. The number of nitrogens with one attached hydrogen (secondary N) is 1. The lowest BCUT2D eigenvalue weighted by atomic mass is 10.1. The maximum absolute atomic E-state index is 13.5. The molecule has 0 unspecified atom stereocenters. The summed E-state index contributed by atoms with van der Waals surface area (Å²) in [5.41, 5.74) is 14.4. The fourth-order valence-corrected chi connectivity index (χ4v) is 12.4. The van der Waals surface area contributed by atoms with Crippen molar-refractivity contribution < 1.29 is 14.6 Å². The third kappa shape index (κ3) is 12.3. The van der Waals surface area contributed by atoms with Crippen molar-refractivity contribution in [2.45, 2.75) is 142 Å². The summed E-state index contributed by atoms with van der Waals surface area (Å²) in [6, 6.07) is 19.1. The number of nitrogens with two attached hydrogens (primary N) is 1. The quantitative estimate of drug-likeness (QED) is 0.0199. The Balaban J connectivity index is 0.000000127. The first kappa shape index (κ1) is 61.9. The third-order valence-electron chi connectivity index (χ3n) is 17.1. The number of aliphatic hydroxyl groups is 1. The van der Waals surface area contributed by atoms with Gasteiger partial charge in [-0.3, -0.25) is 42.8 Å². The zero-order valence-corrected chi connectivity index (χ0v) is 53.0. The van der Waals surface area contributed by atoms with Crippen molar-refractivity contribution in [3.63, 3.8) is 0 Å². The molecule has 93 heavy (non-hydrogen) atoms. The number of rotatable bonds is 21. The van der Waals surface area contributed by atoms with Gasteiger partial charge < -0.3 is 29.3 Å². The molecule has 3 aliphatic carbocycles. The number of aryl methyl sites for hydroxylation is 3. The van der Waals surface area contributed by atoms with Crippen molar-refractivity contribution in [2.24, 2.45) is 11.7 Å². The second kappa shape index (κ2) is 26.0. The van der Waals surface area contributed by atoms with E-state index in [9.17, 15) is 24.3 Å². The fraction of sp³-hybridized carbons (Fsp3) is 0.391. The minimum atomic E-state index is -0.604. The minimum absolute atomic E-state index is 0.0228. The van der Waals surface area contributed by atoms with Gasteiger partial charge in [-0.15, -0.1) is 0 Å². The van der Waals surface area contributed by atoms with Crippen molar-refractivity contribution in [2.75, 3.05) is 13.7 Å². The maximum Gasteiger partial charge on any atom is 0.358 e. The molecular formula is C64H67Cl2N21O6. The number of fused-ring (bicyclic) bond motifs is 6. The van der Waals surface area contributed by atoms with Crippen LogP contribution in [0.1, 0.15) is 136 Å². The Hall–Kier alpha value is -9.91. The van der Waals surface area contributed by atoms with Gasteiger partial charge in [-0.05, 0) is 125 Å². The van der Waals surface area contributed by atoms with Crippen molar-refractivity contribution in [3.8, 4) is 6.07 Å². The van der Waals surface area contributed by atoms with Crippen LogP contribution in [0, 0.1) is 22.7 Å². The van der Waals surface area contributed by atoms with Crippen molar-refractivity contribution in [1.82, 2.24) is 86.0 Å². The summed E-state index contributed by atoms with van der Waals surface area (Å²) in [5, 5.41) is 26.5. The maximum atomic E-state index is 13.5. The van der Waals surface area contributed by atoms with Gasteiger partial charge in [0.2, 0.25) is 0 Å². The predicted octanol–water partition coefficient (Wildman–Crippen LogP) is 8.48. The molecule has 0 atom stereocenters. The molecule has 3 aliphatic rings. The molecule has 12 aromatic heterocycles. The molecule has 4 N–H and O–H groups in total. The van der Waals surface area contributed by atoms with Gasteiger partial charge in [0.05, 0.1) is 83.8 Å². The van der Waals surface area contributed by atoms with Gasteiger partial charge in [0.15, 0.2) is 22.6 Å². The lowest BCUT2D eigenvalue weighted by Crippen LogP contribution is -2.26. The van der Waals surface area contributed by atoms with Crippen LogP contribution in [0.4, 0.5) is 0 Å². The van der Waals surface area contributed by atoms with Crippen LogP contribution in [0.15, 0.2) is 100.0 Å². The summed E-state index contributed by atoms with van der Waals surface area (Å²) in [6.45, 7) is 7.18. The molecule has 0 radical (unpaired) electrons. The highest BCUT2D eigenvalue weighted by Gasteiger charge is 2.34. The van der Waals surface area contributed by atoms with E-state index in [1.54, 1.807) is 62.8 Å². The van der Waals surface area contributed by atoms with Gasteiger partial charge in [0, 0.05) is 69.4 Å². The number of methoxy groups -OCH3 is 1. The van der Waals surface area contributed by atoms with Crippen LogP contribution in [0.3, 0.4) is 0 Å². The van der Waals surface area contributed by atoms with E-state index in [4.69, 9.17) is 54.3 Å². The molecule has 478 valence electrons. The zero-order valence-electron chi connectivity index (χ0n) is 51.4. The number of imidazole rings is 6. The van der Waals surface area contributed by atoms with E-state index < -0.39 is 5.97 Å². The Labute approximate surface area is 539 Å². The number of aliphatic hydroxyl groups excluding tert-OH is 1. The normalized spacial score (nSPS) is 14.0. The standard InChI is InChI=1S/C22H23ClN6O4.C22H26N8O.C20H18ClN7O/c1-33-21(31)18-19-14(8-9-24-18)29(13-4-5-13)22(32)28(19)12-17-26-20-15(6-7-16(23)25-20)27(17)10-2-3-11-30;1-13(2)8-10-28-17-6-5-15(20(23)24)26-21(17)27-19(28)12-29-18-11-25-9-7-16(18)30(22(29)31)14-3-4-14;21-17-6-5-14-19(25-17)26(10-2-1-8-22)18(24-14)12-27-16-11-23-9-7-15(16)28(20(27)29)13-3-4-13/h6-9,13,30H,2-5,10-12H2,1H3;5-7,9,11,13-14H,3-4,8,10,12H2,1-2H3,(H3,23,24);5-7,9,11,13H,1-4,10,12H2. The van der Waals surface area contributed by atoms with E-state index in [1.807, 2.05) is 48.6 Å². The van der Waals surface area contributed by atoms with Gasteiger partial charge >= 0.3 is 23.0 Å². The number of halogens is 2. The van der Waals surface area contributed by atoms with Gasteiger partial charge in [-0.2, -0.15) is 5.26 Å². The molecule has 0 spiro atoms. The number of hydrogen-bond donors (Lipinski definition) is 3. The Bertz CT molecular complexity index is 5100. The van der Waals surface area contributed by atoms with Crippen LogP contribution >= 0.6 is 23.2 Å². The minimum Gasteiger partial charge on any atom is -0.464 e. The van der Waals surface area contributed by atoms with E-state index in [0.29, 0.717) is 107 Å². The van der Waals surface area contributed by atoms with Crippen molar-refractivity contribution in [1.29, 1.82) is 10.7 Å². The molecule has 29 heteroatoms. The highest BCUT2D eigenvalue weighted by Crippen LogP contribution is 2.39. The third-order valence-corrected chi connectivity index (χ3v) is 17.5. The molecule has 0 amide bonds. The lowest BCUT2D eigenvalue weighted by molar-refractivity contribution is 0.0596. The van der Waals surface area contributed by atoms with Crippen LogP contribution < -0.4 is 22.8 Å². The number of nitrogen functional groups attached to an aromatic ring is 1. The van der Waals surface area contributed by atoms with Gasteiger partial charge in [0.25, 0.3) is 0 Å². The topological polar surface area (TPSA) is 332 Å². The Kier molecular flexibility index (Phi) is 17.3. The van der Waals surface area contributed by atoms with Crippen LogP contribution in [0.5, 0.6) is 0 Å². The zero-order chi connectivity index (χ0) is 64.8. The summed E-state index contributed by atoms with van der Waals surface area (Å²) in [5.74, 6) is 1.92. The van der Waals surface area contributed by atoms with Crippen molar-refractivity contribution >= 4 is 102 Å². The SMILES string of the molecule is CC(C)CCn1c(Cn2c(=O)n(C3CC3)c3ccncc32)nc2nc(C(=N)N)ccc21.COC(=O)c1nccc2c1n(Cc1nc3nc(Cl)ccc3n1CCCCO)c(=O)n2C1CC1.N#CCCCn1c(Cn2c(=O)n(C3CC3)c3ccncc32)nc2ccc(Cl)nc21. The Morgan fingerprint density at radius 3 is 1.73 bits per heavy atom. The van der Waals surface area contributed by atoms with Crippen molar-refractivity contribution in [3.05, 3.63) is 156 Å². The number of nitrogens with zero attached hydrogens (tertiary/aromatic N) is 19. The first-order valence-electron chi connectivity index (χ1n) is 31.1. The first-order valence-corrected chi connectivity index (χ1v) is 31.9. The molecular weight excluding hydrogens is 1230 g/mol. The summed E-state index contributed by atoms with van der Waals surface area (Å²) in [7, 11) is 1.29. The molecule has 27 nitrogen and oxygen atoms in total. The number of aromatic nitrogens is 18. The highest BCUT2D eigenvalue weighted by atomic mass is 35.5. The van der Waals surface area contributed by atoms with Crippen LogP contribution in [-0.4, -0.2) is 117 Å². The number of nitriles is 1. The van der Waals surface area contributed by atoms with E-state index in [2.05, 4.69) is 59.4 Å². The summed E-state index contributed by atoms with van der Waals surface area (Å²) >= 11 is 12.2. The average molecular weight is 1300 g/mol. The Morgan fingerprint density at radius 1 is 0.624 bits per heavy atom. The molecule has 12 aromatic rings. The van der Waals surface area contributed by atoms with Crippen LogP contribution in [-0.2, 0) is 44.0 Å². The van der Waals surface area contributed by atoms with Gasteiger partial charge in [-0.1, -0.05) is 37.0 Å². The highest BCUT2D eigenvalue weighted by molar-refractivity contribution is 6.30. The predicted molar refractivity (Wildman–Crippen MR) is 350 cm³/mol. The molecule has 0 aromatic carbocycles. The summed E-state index contributed by atoms with van der Waals surface area (Å²) in [4.78, 5) is 92.5. The van der Waals surface area contributed by atoms with E-state index in [-0.39, 0.29) is 59.9 Å². The first-order chi connectivity index (χ1) is 45.1. The molecule has 12 heterocycles. The van der Waals surface area contributed by atoms with E-state index >= 15 is 0 Å². The second-order valence-corrected chi connectivity index (χ2v) is 24.8. The van der Waals surface area contributed by atoms with Crippen LogP contribution in [0.2, 0.25) is 10.3 Å². The monoisotopic (exact) mass is 1300 g/mol. The Morgan fingerprint density at radius 2 is 1.15 bits per heavy atom. The van der Waals surface area contributed by atoms with Gasteiger partial charge in [-0.25, -0.2) is 54.1 Å². The number of carbonyl (C=O) groups is 1. The average Bonchev–Trinajstić information content (AvgIpc) is 1.61. The second-order valence-electron chi connectivity index (χ2n) is 24.0. The lowest BCUT2D eigenvalue weighted by Gasteiger charge is -2.11. The molecule has 0 aliphatic heterocycles. The van der Waals surface area contributed by atoms with Gasteiger partial charge in [0.1, 0.15) is 50.3 Å². The van der Waals surface area contributed by atoms with E-state index in [0.717, 1.165) is 102 Å². The molecule has 15 rings (SSSR count). The fourth-order valence-electron chi connectivity index (χ4n) is 12.1. The molecule has 0 saturated heterocycles. The molecule has 0 bridgehead atoms. The van der Waals surface area contributed by atoms with E-state index in [1.165, 1.54) is 17.9 Å². The number of ether oxygens (including phenoxy) is 1. The summed E-state index contributed by atoms with van der Waals surface area (Å²) < 4.78 is 21.5.